The molecule has 4 amide bonds. The molecule has 2 saturated heterocycles. The van der Waals surface area contributed by atoms with Crippen molar-refractivity contribution in [2.75, 3.05) is 18.5 Å². The molecule has 0 radical (unpaired) electrons. The lowest BCUT2D eigenvalue weighted by atomic mass is 9.92. The molecule has 4 N–H and O–H groups in total. The largest absolute Gasteiger partial charge is 0.375 e. The predicted molar refractivity (Wildman–Crippen MR) is 93.6 cm³/mol. The van der Waals surface area contributed by atoms with Crippen molar-refractivity contribution in [3.63, 3.8) is 0 Å². The zero-order valence-corrected chi connectivity index (χ0v) is 14.7. The van der Waals surface area contributed by atoms with Crippen LogP contribution in [0.1, 0.15) is 19.4 Å². The number of imide groups is 1. The Kier molecular flexibility index (Phi) is 5.66. The van der Waals surface area contributed by atoms with Gasteiger partial charge < -0.3 is 20.7 Å². The molecule has 25 heavy (non-hydrogen) atoms. The minimum absolute atomic E-state index is 0. The van der Waals surface area contributed by atoms with Crippen LogP contribution in [0.4, 0.5) is 10.5 Å². The Bertz CT molecular complexity index is 698. The van der Waals surface area contributed by atoms with Crippen LogP contribution in [0.5, 0.6) is 0 Å². The van der Waals surface area contributed by atoms with E-state index >= 15 is 0 Å². The molecule has 0 spiro atoms. The summed E-state index contributed by atoms with van der Waals surface area (Å²) in [7, 11) is 0. The molecule has 1 unspecified atom stereocenters. The van der Waals surface area contributed by atoms with Gasteiger partial charge in [-0.25, -0.2) is 4.79 Å². The number of carbonyl (C=O) groups is 3. The van der Waals surface area contributed by atoms with E-state index in [0.717, 1.165) is 0 Å². The van der Waals surface area contributed by atoms with Gasteiger partial charge in [-0.2, -0.15) is 0 Å². The van der Waals surface area contributed by atoms with E-state index in [-0.39, 0.29) is 24.4 Å². The molecule has 1 aromatic carbocycles. The smallest absolute Gasteiger partial charge is 0.322 e. The summed E-state index contributed by atoms with van der Waals surface area (Å²) < 4.78 is 5.47. The molecule has 3 atom stereocenters. The number of halogens is 1. The summed E-state index contributed by atoms with van der Waals surface area (Å²) >= 11 is 0. The molecule has 0 bridgehead atoms. The predicted octanol–water partition coefficient (Wildman–Crippen LogP) is 0.478. The fourth-order valence-electron chi connectivity index (χ4n) is 2.90. The second-order valence-electron chi connectivity index (χ2n) is 6.11. The van der Waals surface area contributed by atoms with E-state index in [0.29, 0.717) is 24.4 Å². The van der Waals surface area contributed by atoms with Crippen LogP contribution >= 0.6 is 12.4 Å². The number of ether oxygens (including phenoxy) is 1. The van der Waals surface area contributed by atoms with Gasteiger partial charge in [0.25, 0.3) is 5.91 Å². The number of rotatable bonds is 3. The van der Waals surface area contributed by atoms with Gasteiger partial charge in [-0.3, -0.25) is 14.9 Å². The Balaban J connectivity index is 0.00000225. The van der Waals surface area contributed by atoms with Crippen LogP contribution in [-0.2, 0) is 19.9 Å². The van der Waals surface area contributed by atoms with Crippen LogP contribution in [0, 0.1) is 0 Å². The molecule has 2 aliphatic rings. The fourth-order valence-corrected chi connectivity index (χ4v) is 2.90. The summed E-state index contributed by atoms with van der Waals surface area (Å²) in [4.78, 5) is 35.8. The number of benzene rings is 1. The van der Waals surface area contributed by atoms with E-state index in [9.17, 15) is 14.4 Å². The van der Waals surface area contributed by atoms with Crippen LogP contribution in [0.25, 0.3) is 0 Å². The average molecular weight is 369 g/mol. The molecular formula is C16H21ClN4O4. The molecule has 3 rings (SSSR count). The first-order valence-corrected chi connectivity index (χ1v) is 7.80. The quantitative estimate of drug-likeness (QED) is 0.580. The minimum atomic E-state index is -1.16. The van der Waals surface area contributed by atoms with Gasteiger partial charge in [0.2, 0.25) is 5.91 Å². The van der Waals surface area contributed by atoms with Crippen LogP contribution in [0.2, 0.25) is 0 Å². The first kappa shape index (κ1) is 19.2. The lowest BCUT2D eigenvalue weighted by Gasteiger charge is -2.29. The maximum atomic E-state index is 12.4. The molecule has 0 saturated carbocycles. The van der Waals surface area contributed by atoms with E-state index in [1.54, 1.807) is 31.2 Å². The van der Waals surface area contributed by atoms with E-state index in [4.69, 9.17) is 4.74 Å². The van der Waals surface area contributed by atoms with E-state index in [2.05, 4.69) is 21.3 Å². The van der Waals surface area contributed by atoms with Crippen LogP contribution < -0.4 is 21.3 Å². The number of hydrogen-bond acceptors (Lipinski definition) is 5. The standard InChI is InChI=1S/C16H20N4O4.ClH/c1-9-12(17-6-7-24-9)13(21)18-11-5-3-4-10(8-11)16(2)14(22)19-15(23)20-16;/h3-5,8-9,12,17H,6-7H2,1-2H3,(H,18,21)(H2,19,20,22,23);1H/t9-,12+,16?;/m1./s1. The van der Waals surface area contributed by atoms with E-state index in [1.807, 2.05) is 6.92 Å². The number of morpholine rings is 1. The molecule has 0 aromatic heterocycles. The van der Waals surface area contributed by atoms with Crippen molar-refractivity contribution in [2.24, 2.45) is 0 Å². The highest BCUT2D eigenvalue weighted by molar-refractivity contribution is 6.07. The molecule has 8 nitrogen and oxygen atoms in total. The highest BCUT2D eigenvalue weighted by Crippen LogP contribution is 2.26. The van der Waals surface area contributed by atoms with Gasteiger partial charge in [-0.1, -0.05) is 12.1 Å². The van der Waals surface area contributed by atoms with Gasteiger partial charge in [0.05, 0.1) is 12.7 Å². The topological polar surface area (TPSA) is 109 Å². The third-order valence-corrected chi connectivity index (χ3v) is 4.35. The van der Waals surface area contributed by atoms with Gasteiger partial charge in [-0.15, -0.1) is 12.4 Å². The van der Waals surface area contributed by atoms with Crippen LogP contribution in [0.3, 0.4) is 0 Å². The Morgan fingerprint density at radius 3 is 2.76 bits per heavy atom. The van der Waals surface area contributed by atoms with E-state index < -0.39 is 23.5 Å². The number of carbonyl (C=O) groups excluding carboxylic acids is 3. The van der Waals surface area contributed by atoms with Crippen molar-refractivity contribution in [2.45, 2.75) is 31.5 Å². The number of amides is 4. The Hall–Kier alpha value is -2.16. The first-order chi connectivity index (χ1) is 11.4. The Labute approximate surface area is 151 Å². The van der Waals surface area contributed by atoms with Crippen molar-refractivity contribution in [1.82, 2.24) is 16.0 Å². The van der Waals surface area contributed by atoms with E-state index in [1.165, 1.54) is 0 Å². The third kappa shape index (κ3) is 3.76. The summed E-state index contributed by atoms with van der Waals surface area (Å²) in [6.45, 7) is 4.65. The molecular weight excluding hydrogens is 348 g/mol. The SMILES string of the molecule is C[C@H]1OCCN[C@@H]1C(=O)Nc1cccc(C2(C)NC(=O)NC2=O)c1.Cl. The fraction of sp³-hybridized carbons (Fsp3) is 0.438. The minimum Gasteiger partial charge on any atom is -0.375 e. The molecule has 1 aromatic rings. The van der Waals surface area contributed by atoms with Crippen LogP contribution in [0.15, 0.2) is 24.3 Å². The van der Waals surface area contributed by atoms with Crippen molar-refractivity contribution in [3.05, 3.63) is 29.8 Å². The second kappa shape index (κ2) is 7.38. The zero-order valence-electron chi connectivity index (χ0n) is 13.9. The van der Waals surface area contributed by atoms with Crippen LogP contribution in [-0.4, -0.2) is 43.1 Å². The van der Waals surface area contributed by atoms with Gasteiger partial charge in [0.15, 0.2) is 0 Å². The van der Waals surface area contributed by atoms with Crippen molar-refractivity contribution in [3.8, 4) is 0 Å². The second-order valence-corrected chi connectivity index (χ2v) is 6.11. The van der Waals surface area contributed by atoms with Crippen molar-refractivity contribution in [1.29, 1.82) is 0 Å². The van der Waals surface area contributed by atoms with Crippen molar-refractivity contribution >= 4 is 35.9 Å². The summed E-state index contributed by atoms with van der Waals surface area (Å²) in [5, 5.41) is 10.8. The molecule has 9 heteroatoms. The monoisotopic (exact) mass is 368 g/mol. The van der Waals surface area contributed by atoms with Gasteiger partial charge in [0.1, 0.15) is 11.6 Å². The molecule has 2 heterocycles. The number of anilines is 1. The van der Waals surface area contributed by atoms with Crippen molar-refractivity contribution < 1.29 is 19.1 Å². The van der Waals surface area contributed by atoms with Gasteiger partial charge in [0, 0.05) is 12.2 Å². The first-order valence-electron chi connectivity index (χ1n) is 7.80. The summed E-state index contributed by atoms with van der Waals surface area (Å²) in [5.74, 6) is -0.628. The molecule has 2 fully saturated rings. The molecule has 136 valence electrons. The zero-order chi connectivity index (χ0) is 17.3. The van der Waals surface area contributed by atoms with Gasteiger partial charge >= 0.3 is 6.03 Å². The third-order valence-electron chi connectivity index (χ3n) is 4.35. The normalized spacial score (nSPS) is 28.6. The average Bonchev–Trinajstić information content (AvgIpc) is 2.81. The summed E-state index contributed by atoms with van der Waals surface area (Å²) in [6.07, 6.45) is -0.223. The lowest BCUT2D eigenvalue weighted by Crippen LogP contribution is -2.53. The molecule has 2 aliphatic heterocycles. The maximum Gasteiger partial charge on any atom is 0.322 e. The number of hydrogen-bond donors (Lipinski definition) is 4. The summed E-state index contributed by atoms with van der Waals surface area (Å²) in [5.41, 5.74) is -0.0195. The maximum absolute atomic E-state index is 12.4. The molecule has 0 aliphatic carbocycles. The lowest BCUT2D eigenvalue weighted by molar-refractivity contribution is -0.124. The Morgan fingerprint density at radius 1 is 1.36 bits per heavy atom. The summed E-state index contributed by atoms with van der Waals surface area (Å²) in [6, 6.07) is 5.89. The number of urea groups is 1. The number of nitrogens with one attached hydrogen (secondary N) is 4. The highest BCUT2D eigenvalue weighted by Gasteiger charge is 2.43. The highest BCUT2D eigenvalue weighted by atomic mass is 35.5. The Morgan fingerprint density at radius 2 is 2.12 bits per heavy atom. The van der Waals surface area contributed by atoms with Gasteiger partial charge in [-0.05, 0) is 31.5 Å².